The van der Waals surface area contributed by atoms with Gasteiger partial charge in [0, 0.05) is 31.8 Å². The van der Waals surface area contributed by atoms with Gasteiger partial charge in [-0.15, -0.1) is 0 Å². The topological polar surface area (TPSA) is 62.3 Å². The van der Waals surface area contributed by atoms with Crippen LogP contribution in [0, 0.1) is 11.8 Å². The molecule has 1 saturated heterocycles. The molecule has 2 amide bonds. The Labute approximate surface area is 141 Å². The van der Waals surface area contributed by atoms with Crippen LogP contribution in [-0.2, 0) is 16.0 Å². The van der Waals surface area contributed by atoms with Crippen LogP contribution in [0.15, 0.2) is 30.0 Å². The molecule has 3 aliphatic rings. The van der Waals surface area contributed by atoms with Crippen LogP contribution in [0.2, 0.25) is 0 Å². The fourth-order valence-corrected chi connectivity index (χ4v) is 3.97. The zero-order chi connectivity index (χ0) is 16.7. The number of likely N-dealkylation sites (tertiary alicyclic amines) is 1. The first kappa shape index (κ1) is 15.1. The third kappa shape index (κ3) is 2.86. The predicted molar refractivity (Wildman–Crippen MR) is 92.2 cm³/mol. The lowest BCUT2D eigenvalue weighted by Crippen LogP contribution is -2.27. The largest absolute Gasteiger partial charge is 0.338 e. The van der Waals surface area contributed by atoms with Crippen molar-refractivity contribution in [2.24, 2.45) is 11.8 Å². The number of hydrogen-bond donors (Lipinski definition) is 1. The van der Waals surface area contributed by atoms with Crippen molar-refractivity contribution in [3.05, 3.63) is 41.1 Å². The normalized spacial score (nSPS) is 25.5. The molecule has 1 fully saturated rings. The molecule has 3 heterocycles. The van der Waals surface area contributed by atoms with E-state index in [9.17, 15) is 9.59 Å². The molecule has 5 nitrogen and oxygen atoms in total. The molecular weight excluding hydrogens is 302 g/mol. The summed E-state index contributed by atoms with van der Waals surface area (Å²) in [6.07, 6.45) is 9.79. The number of carbonyl (C=O) groups is 2. The van der Waals surface area contributed by atoms with Crippen molar-refractivity contribution < 1.29 is 9.59 Å². The maximum absolute atomic E-state index is 12.4. The van der Waals surface area contributed by atoms with E-state index in [4.69, 9.17) is 0 Å². The predicted octanol–water partition coefficient (Wildman–Crippen LogP) is 2.40. The molecule has 24 heavy (non-hydrogen) atoms. The van der Waals surface area contributed by atoms with E-state index in [0.29, 0.717) is 30.5 Å². The molecule has 2 aliphatic heterocycles. The van der Waals surface area contributed by atoms with Crippen molar-refractivity contribution in [1.82, 2.24) is 9.88 Å². The van der Waals surface area contributed by atoms with Gasteiger partial charge in [0.15, 0.2) is 0 Å². The van der Waals surface area contributed by atoms with E-state index in [1.165, 1.54) is 5.57 Å². The second kappa shape index (κ2) is 5.89. The second-order valence-electron chi connectivity index (χ2n) is 7.04. The summed E-state index contributed by atoms with van der Waals surface area (Å²) in [5.74, 6) is 1.87. The van der Waals surface area contributed by atoms with Crippen LogP contribution in [0.25, 0.3) is 6.08 Å². The fraction of sp³-hybridized carbons (Fsp3) is 0.421. The number of fused-ring (bicyclic) bond motifs is 2. The molecule has 1 aromatic rings. The maximum atomic E-state index is 12.4. The van der Waals surface area contributed by atoms with Crippen molar-refractivity contribution in [3.63, 3.8) is 0 Å². The van der Waals surface area contributed by atoms with Gasteiger partial charge in [-0.25, -0.2) is 4.98 Å². The summed E-state index contributed by atoms with van der Waals surface area (Å²) in [5.41, 5.74) is 3.38. The van der Waals surface area contributed by atoms with E-state index in [1.54, 1.807) is 12.3 Å². The molecule has 1 aliphatic carbocycles. The Balaban J connectivity index is 1.42. The Morgan fingerprint density at radius 3 is 3.08 bits per heavy atom. The summed E-state index contributed by atoms with van der Waals surface area (Å²) in [6, 6.07) is 2.00. The average Bonchev–Trinajstić information content (AvgIpc) is 3.10. The van der Waals surface area contributed by atoms with Crippen LogP contribution < -0.4 is 5.32 Å². The minimum atomic E-state index is 0.0114. The number of allylic oxidation sites excluding steroid dienone is 1. The van der Waals surface area contributed by atoms with Crippen molar-refractivity contribution >= 4 is 23.7 Å². The summed E-state index contributed by atoms with van der Waals surface area (Å²) in [4.78, 5) is 30.0. The summed E-state index contributed by atoms with van der Waals surface area (Å²) in [7, 11) is 0. The van der Waals surface area contributed by atoms with Crippen LogP contribution in [0.4, 0.5) is 5.82 Å². The highest BCUT2D eigenvalue weighted by Crippen LogP contribution is 2.36. The number of aryl methyl sites for hydroxylation is 1. The molecule has 2 atom stereocenters. The lowest BCUT2D eigenvalue weighted by atomic mass is 10.00. The van der Waals surface area contributed by atoms with E-state index >= 15 is 0 Å². The summed E-state index contributed by atoms with van der Waals surface area (Å²) in [5, 5.41) is 2.77. The zero-order valence-electron chi connectivity index (χ0n) is 13.8. The molecule has 1 N–H and O–H groups in total. The minimum absolute atomic E-state index is 0.0114. The monoisotopic (exact) mass is 323 g/mol. The highest BCUT2D eigenvalue weighted by Gasteiger charge is 2.36. The average molecular weight is 323 g/mol. The Kier molecular flexibility index (Phi) is 3.71. The number of anilines is 1. The van der Waals surface area contributed by atoms with E-state index in [1.807, 2.05) is 17.0 Å². The molecule has 0 aromatic carbocycles. The van der Waals surface area contributed by atoms with Gasteiger partial charge < -0.3 is 10.2 Å². The molecule has 4 rings (SSSR count). The molecule has 2 unspecified atom stereocenters. The van der Waals surface area contributed by atoms with Crippen LogP contribution in [0.1, 0.15) is 30.9 Å². The summed E-state index contributed by atoms with van der Waals surface area (Å²) in [6.45, 7) is 3.87. The molecule has 124 valence electrons. The van der Waals surface area contributed by atoms with E-state index in [2.05, 4.69) is 23.3 Å². The Bertz CT molecular complexity index is 766. The van der Waals surface area contributed by atoms with Crippen LogP contribution in [0.5, 0.6) is 0 Å². The number of nitrogens with zero attached hydrogens (tertiary/aromatic N) is 2. The molecular formula is C19H21N3O2. The Morgan fingerprint density at radius 1 is 1.38 bits per heavy atom. The van der Waals surface area contributed by atoms with Crippen LogP contribution in [-0.4, -0.2) is 34.8 Å². The van der Waals surface area contributed by atoms with Gasteiger partial charge in [0.2, 0.25) is 11.8 Å². The van der Waals surface area contributed by atoms with Crippen molar-refractivity contribution in [2.45, 2.75) is 26.2 Å². The van der Waals surface area contributed by atoms with Gasteiger partial charge in [-0.2, -0.15) is 0 Å². The minimum Gasteiger partial charge on any atom is -0.338 e. The number of amides is 2. The number of hydrogen-bond acceptors (Lipinski definition) is 3. The van der Waals surface area contributed by atoms with Crippen LogP contribution in [0.3, 0.4) is 0 Å². The number of pyridine rings is 1. The second-order valence-corrected chi connectivity index (χ2v) is 7.04. The highest BCUT2D eigenvalue weighted by molar-refractivity contribution is 5.94. The van der Waals surface area contributed by atoms with Crippen molar-refractivity contribution in [2.75, 3.05) is 18.4 Å². The lowest BCUT2D eigenvalue weighted by Gasteiger charge is -2.16. The number of nitrogens with one attached hydrogen (secondary N) is 1. The van der Waals surface area contributed by atoms with Gasteiger partial charge >= 0.3 is 0 Å². The summed E-state index contributed by atoms with van der Waals surface area (Å²) >= 11 is 0. The number of aromatic nitrogens is 1. The van der Waals surface area contributed by atoms with Crippen molar-refractivity contribution in [3.8, 4) is 0 Å². The number of carbonyl (C=O) groups excluding carboxylic acids is 2. The van der Waals surface area contributed by atoms with E-state index < -0.39 is 0 Å². The third-order valence-corrected chi connectivity index (χ3v) is 5.17. The molecule has 5 heteroatoms. The molecule has 1 aromatic heterocycles. The van der Waals surface area contributed by atoms with Crippen molar-refractivity contribution in [1.29, 1.82) is 0 Å². The highest BCUT2D eigenvalue weighted by atomic mass is 16.2. The molecule has 0 saturated carbocycles. The van der Waals surface area contributed by atoms with Gasteiger partial charge in [-0.05, 0) is 54.9 Å². The van der Waals surface area contributed by atoms with Gasteiger partial charge in [-0.1, -0.05) is 11.6 Å². The molecule has 0 bridgehead atoms. The summed E-state index contributed by atoms with van der Waals surface area (Å²) < 4.78 is 0. The van der Waals surface area contributed by atoms with Gasteiger partial charge in [-0.3, -0.25) is 9.59 Å². The van der Waals surface area contributed by atoms with Gasteiger partial charge in [0.05, 0.1) is 0 Å². The fourth-order valence-electron chi connectivity index (χ4n) is 3.97. The first-order valence-electron chi connectivity index (χ1n) is 8.51. The van der Waals surface area contributed by atoms with Gasteiger partial charge in [0.25, 0.3) is 0 Å². The SMILES string of the molecule is CC1=CC2CN(C(=O)/C=C/c3cnc4c(c3)CCC(=O)N4)CC2C1. The maximum Gasteiger partial charge on any atom is 0.246 e. The molecule has 0 radical (unpaired) electrons. The van der Waals surface area contributed by atoms with E-state index in [-0.39, 0.29) is 11.8 Å². The molecule has 0 spiro atoms. The Morgan fingerprint density at radius 2 is 2.25 bits per heavy atom. The Hall–Kier alpha value is -2.43. The quantitative estimate of drug-likeness (QED) is 0.671. The third-order valence-electron chi connectivity index (χ3n) is 5.17. The number of rotatable bonds is 2. The van der Waals surface area contributed by atoms with E-state index in [0.717, 1.165) is 30.6 Å². The first-order valence-corrected chi connectivity index (χ1v) is 8.51. The smallest absolute Gasteiger partial charge is 0.246 e. The van der Waals surface area contributed by atoms with Gasteiger partial charge in [0.1, 0.15) is 5.82 Å². The lowest BCUT2D eigenvalue weighted by molar-refractivity contribution is -0.125. The zero-order valence-corrected chi connectivity index (χ0v) is 13.8. The standard InChI is InChI=1S/C19H21N3O2/c1-12-6-15-10-22(11-16(15)7-12)18(24)5-2-13-8-14-3-4-17(23)21-19(14)20-9-13/h2,5-6,8-9,15-16H,3-4,7,10-11H2,1H3,(H,20,21,23)/b5-2+. The first-order chi connectivity index (χ1) is 11.6. The van der Waals surface area contributed by atoms with Crippen LogP contribution >= 0.6 is 0 Å².